The number of carbonyl (C=O) groups is 2. The van der Waals surface area contributed by atoms with Crippen LogP contribution in [0.2, 0.25) is 0 Å². The predicted molar refractivity (Wildman–Crippen MR) is 148 cm³/mol. The highest BCUT2D eigenvalue weighted by atomic mass is 16.6. The number of ether oxygens (including phenoxy) is 2. The zero-order chi connectivity index (χ0) is 27.1. The minimum atomic E-state index is -0.577. The lowest BCUT2D eigenvalue weighted by molar-refractivity contribution is -0.125. The number of fused-ring (bicyclic) bond motifs is 4. The Morgan fingerprint density at radius 3 is 2.79 bits per heavy atom. The van der Waals surface area contributed by atoms with Crippen LogP contribution in [-0.2, 0) is 33.7 Å². The Balaban J connectivity index is 1.34. The number of pyridine rings is 1. The molecule has 2 amide bonds. The molecule has 0 spiro atoms. The van der Waals surface area contributed by atoms with E-state index in [2.05, 4.69) is 17.0 Å². The van der Waals surface area contributed by atoms with Gasteiger partial charge in [-0.2, -0.15) is 0 Å². The summed E-state index contributed by atoms with van der Waals surface area (Å²) in [6.07, 6.45) is 6.99. The van der Waals surface area contributed by atoms with Gasteiger partial charge in [0.25, 0.3) is 5.91 Å². The van der Waals surface area contributed by atoms with E-state index in [1.165, 1.54) is 24.1 Å². The maximum absolute atomic E-state index is 13.6. The summed E-state index contributed by atoms with van der Waals surface area (Å²) in [7, 11) is 0. The molecule has 4 aliphatic rings. The third kappa shape index (κ3) is 5.29. The van der Waals surface area contributed by atoms with E-state index in [1.54, 1.807) is 0 Å². The van der Waals surface area contributed by atoms with Crippen molar-refractivity contribution in [2.45, 2.75) is 77.1 Å². The maximum Gasteiger partial charge on any atom is 0.410 e. The van der Waals surface area contributed by atoms with E-state index < -0.39 is 5.60 Å². The van der Waals surface area contributed by atoms with Gasteiger partial charge < -0.3 is 14.4 Å². The standard InChI is InChI=1S/C31H40N4O4/c1-31(2,3)39-30(37)35-18-23-7-4-10-26(34-15-16-38-20-27(34)36)25(23)17-24(35)19-33-14-6-9-22-12-11-21-8-5-13-32-28(21)29(22)33/h4-5,7-8,10,13,22,24,29H,6,9,11-12,14-20H2,1-3H3/t22-,24+,29-/m0/s1. The molecule has 2 fully saturated rings. The number of anilines is 1. The average Bonchev–Trinajstić information content (AvgIpc) is 2.92. The molecule has 208 valence electrons. The van der Waals surface area contributed by atoms with Crippen LogP contribution in [0.4, 0.5) is 10.5 Å². The van der Waals surface area contributed by atoms with Crippen molar-refractivity contribution in [3.63, 3.8) is 0 Å². The largest absolute Gasteiger partial charge is 0.444 e. The molecule has 8 heteroatoms. The number of aromatic nitrogens is 1. The lowest BCUT2D eigenvalue weighted by atomic mass is 9.76. The quantitative estimate of drug-likeness (QED) is 0.579. The van der Waals surface area contributed by atoms with E-state index in [4.69, 9.17) is 14.5 Å². The third-order valence-electron chi connectivity index (χ3n) is 8.67. The van der Waals surface area contributed by atoms with Crippen molar-refractivity contribution in [1.29, 1.82) is 0 Å². The number of aryl methyl sites for hydroxylation is 1. The Kier molecular flexibility index (Phi) is 7.10. The molecule has 3 aliphatic heterocycles. The number of piperidine rings is 1. The van der Waals surface area contributed by atoms with E-state index in [9.17, 15) is 9.59 Å². The summed E-state index contributed by atoms with van der Waals surface area (Å²) >= 11 is 0. The van der Waals surface area contributed by atoms with Crippen LogP contribution in [0.1, 0.15) is 68.5 Å². The van der Waals surface area contributed by atoms with E-state index in [0.717, 1.165) is 42.7 Å². The monoisotopic (exact) mass is 532 g/mol. The van der Waals surface area contributed by atoms with Crippen molar-refractivity contribution < 1.29 is 19.1 Å². The highest BCUT2D eigenvalue weighted by molar-refractivity contribution is 5.95. The summed E-state index contributed by atoms with van der Waals surface area (Å²) in [6.45, 7) is 9.16. The van der Waals surface area contributed by atoms with Crippen molar-refractivity contribution in [2.24, 2.45) is 5.92 Å². The fourth-order valence-electron chi connectivity index (χ4n) is 6.98. The molecule has 4 heterocycles. The fraction of sp³-hybridized carbons (Fsp3) is 0.581. The van der Waals surface area contributed by atoms with Gasteiger partial charge in [-0.15, -0.1) is 0 Å². The molecule has 0 bridgehead atoms. The molecule has 0 radical (unpaired) electrons. The number of morpholine rings is 1. The molecule has 0 N–H and O–H groups in total. The van der Waals surface area contributed by atoms with Crippen LogP contribution in [0.15, 0.2) is 36.5 Å². The fourth-order valence-corrected chi connectivity index (χ4v) is 6.98. The van der Waals surface area contributed by atoms with Gasteiger partial charge in [0.2, 0.25) is 0 Å². The SMILES string of the molecule is CC(C)(C)OC(=O)N1Cc2cccc(N3CCOCC3=O)c2C[C@@H]1CN1CCC[C@H]2CCc3cccnc3[C@H]21. The first-order valence-electron chi connectivity index (χ1n) is 14.4. The molecule has 2 saturated heterocycles. The van der Waals surface area contributed by atoms with Crippen LogP contribution < -0.4 is 4.90 Å². The van der Waals surface area contributed by atoms with E-state index in [1.807, 2.05) is 55.0 Å². The normalized spacial score (nSPS) is 25.5. The minimum absolute atomic E-state index is 0.00969. The molecule has 2 aromatic rings. The summed E-state index contributed by atoms with van der Waals surface area (Å²) in [5.41, 5.74) is 5.19. The van der Waals surface area contributed by atoms with Gasteiger partial charge in [0.1, 0.15) is 12.2 Å². The van der Waals surface area contributed by atoms with Crippen LogP contribution in [0.25, 0.3) is 0 Å². The number of hydrogen-bond donors (Lipinski definition) is 0. The molecule has 6 rings (SSSR count). The molecule has 8 nitrogen and oxygen atoms in total. The van der Waals surface area contributed by atoms with E-state index >= 15 is 0 Å². The average molecular weight is 533 g/mol. The first-order valence-corrected chi connectivity index (χ1v) is 14.4. The molecule has 1 aromatic heterocycles. The molecule has 0 saturated carbocycles. The van der Waals surface area contributed by atoms with E-state index in [-0.39, 0.29) is 30.7 Å². The summed E-state index contributed by atoms with van der Waals surface area (Å²) < 4.78 is 11.3. The van der Waals surface area contributed by atoms with Gasteiger partial charge in [-0.05, 0) is 94.2 Å². The Morgan fingerprint density at radius 2 is 1.97 bits per heavy atom. The van der Waals surface area contributed by atoms with Crippen molar-refractivity contribution >= 4 is 17.7 Å². The summed E-state index contributed by atoms with van der Waals surface area (Å²) in [5, 5.41) is 0. The maximum atomic E-state index is 13.6. The van der Waals surface area contributed by atoms with Crippen LogP contribution in [0, 0.1) is 5.92 Å². The number of amides is 2. The lowest BCUT2D eigenvalue weighted by Gasteiger charge is -2.47. The van der Waals surface area contributed by atoms with Gasteiger partial charge >= 0.3 is 6.09 Å². The number of benzene rings is 1. The summed E-state index contributed by atoms with van der Waals surface area (Å²) in [4.78, 5) is 37.6. The highest BCUT2D eigenvalue weighted by Crippen LogP contribution is 2.43. The smallest absolute Gasteiger partial charge is 0.410 e. The number of carbonyl (C=O) groups excluding carboxylic acids is 2. The number of likely N-dealkylation sites (tertiary alicyclic amines) is 1. The number of hydrogen-bond acceptors (Lipinski definition) is 6. The van der Waals surface area contributed by atoms with Gasteiger partial charge in [-0.25, -0.2) is 4.79 Å². The molecule has 3 atom stereocenters. The number of nitrogens with zero attached hydrogens (tertiary/aromatic N) is 4. The second-order valence-corrected chi connectivity index (χ2v) is 12.4. The van der Waals surface area contributed by atoms with Crippen LogP contribution in [0.5, 0.6) is 0 Å². The minimum Gasteiger partial charge on any atom is -0.444 e. The predicted octanol–water partition coefficient (Wildman–Crippen LogP) is 4.51. The van der Waals surface area contributed by atoms with Gasteiger partial charge in [0.05, 0.1) is 24.4 Å². The van der Waals surface area contributed by atoms with Gasteiger partial charge in [-0.3, -0.25) is 19.6 Å². The Morgan fingerprint density at radius 1 is 1.13 bits per heavy atom. The topological polar surface area (TPSA) is 75.2 Å². The zero-order valence-corrected chi connectivity index (χ0v) is 23.4. The second kappa shape index (κ2) is 10.5. The van der Waals surface area contributed by atoms with Crippen molar-refractivity contribution in [3.8, 4) is 0 Å². The van der Waals surface area contributed by atoms with Crippen LogP contribution >= 0.6 is 0 Å². The number of rotatable bonds is 3. The lowest BCUT2D eigenvalue weighted by Crippen LogP contribution is -2.54. The first kappa shape index (κ1) is 26.3. The molecular weight excluding hydrogens is 492 g/mol. The van der Waals surface area contributed by atoms with Crippen molar-refractivity contribution in [3.05, 3.63) is 58.9 Å². The summed E-state index contributed by atoms with van der Waals surface area (Å²) in [6, 6.07) is 10.6. The third-order valence-corrected chi connectivity index (χ3v) is 8.67. The Bertz CT molecular complexity index is 1240. The Labute approximate surface area is 231 Å². The van der Waals surface area contributed by atoms with Crippen LogP contribution in [0.3, 0.4) is 0 Å². The Hall–Kier alpha value is -2.97. The first-order chi connectivity index (χ1) is 18.8. The highest BCUT2D eigenvalue weighted by Gasteiger charge is 2.41. The van der Waals surface area contributed by atoms with Crippen LogP contribution in [-0.4, -0.2) is 71.3 Å². The van der Waals surface area contributed by atoms with E-state index in [0.29, 0.717) is 32.0 Å². The summed E-state index contributed by atoms with van der Waals surface area (Å²) in [5.74, 6) is 0.582. The zero-order valence-electron chi connectivity index (χ0n) is 23.4. The molecular formula is C31H40N4O4. The van der Waals surface area contributed by atoms with Gasteiger partial charge in [0, 0.05) is 31.5 Å². The molecule has 0 unspecified atom stereocenters. The van der Waals surface area contributed by atoms with Crippen molar-refractivity contribution in [1.82, 2.24) is 14.8 Å². The molecule has 1 aromatic carbocycles. The molecule has 1 aliphatic carbocycles. The van der Waals surface area contributed by atoms with Gasteiger partial charge in [-0.1, -0.05) is 18.2 Å². The second-order valence-electron chi connectivity index (χ2n) is 12.4. The molecule has 39 heavy (non-hydrogen) atoms. The van der Waals surface area contributed by atoms with Gasteiger partial charge in [0.15, 0.2) is 0 Å². The van der Waals surface area contributed by atoms with Crippen molar-refractivity contribution in [2.75, 3.05) is 37.7 Å².